The maximum Gasteiger partial charge on any atom is 0.300 e. The van der Waals surface area contributed by atoms with Crippen molar-refractivity contribution in [3.63, 3.8) is 0 Å². The van der Waals surface area contributed by atoms with Crippen LogP contribution >= 0.6 is 11.6 Å². The number of Topliss-reactive ketones (excluding diaryl/α,β-unsaturated/α-hetero) is 1. The van der Waals surface area contributed by atoms with E-state index < -0.39 is 17.7 Å². The molecular weight excluding hydrogens is 470 g/mol. The quantitative estimate of drug-likeness (QED) is 0.312. The molecule has 1 saturated heterocycles. The zero-order valence-electron chi connectivity index (χ0n) is 19.1. The smallest absolute Gasteiger partial charge is 0.300 e. The van der Waals surface area contributed by atoms with Crippen LogP contribution in [0.15, 0.2) is 66.2 Å². The number of nitrogens with zero attached hydrogens (tertiary/aromatic N) is 1. The SMILES string of the molecule is COc1ccc(C2/C(=C(/O)c3ccc4c(c3)OCCO4)C(=O)C(=O)N2c2ccc(C)c(Cl)c2)cc1. The summed E-state index contributed by atoms with van der Waals surface area (Å²) in [6.45, 7) is 2.66. The fourth-order valence-corrected chi connectivity index (χ4v) is 4.45. The standard InChI is InChI=1S/C27H22ClNO6/c1-15-3-7-18(14-20(15)28)29-24(16-4-8-19(33-2)9-5-16)23(26(31)27(29)32)25(30)17-6-10-21-22(13-17)35-12-11-34-21/h3-10,13-14,24,30H,11-12H2,1-2H3/b25-23-. The second-order valence-corrected chi connectivity index (χ2v) is 8.64. The van der Waals surface area contributed by atoms with Gasteiger partial charge in [-0.3, -0.25) is 14.5 Å². The average Bonchev–Trinajstić information content (AvgIpc) is 3.15. The fourth-order valence-electron chi connectivity index (χ4n) is 4.28. The largest absolute Gasteiger partial charge is 0.507 e. The Morgan fingerprint density at radius 1 is 1.00 bits per heavy atom. The maximum atomic E-state index is 13.3. The Hall–Kier alpha value is -3.97. The Balaban J connectivity index is 1.69. The number of anilines is 1. The van der Waals surface area contributed by atoms with Crippen molar-refractivity contribution >= 4 is 34.7 Å². The lowest BCUT2D eigenvalue weighted by atomic mass is 9.95. The van der Waals surface area contributed by atoms with Crippen LogP contribution in [0.4, 0.5) is 5.69 Å². The van der Waals surface area contributed by atoms with Gasteiger partial charge < -0.3 is 19.3 Å². The van der Waals surface area contributed by atoms with E-state index in [1.165, 1.54) is 4.90 Å². The topological polar surface area (TPSA) is 85.3 Å². The van der Waals surface area contributed by atoms with Crippen LogP contribution in [0.25, 0.3) is 5.76 Å². The number of aliphatic hydroxyl groups is 1. The molecule has 1 fully saturated rings. The van der Waals surface area contributed by atoms with Crippen LogP contribution < -0.4 is 19.1 Å². The van der Waals surface area contributed by atoms with Crippen LogP contribution in [0.3, 0.4) is 0 Å². The number of ketones is 1. The number of carbonyl (C=O) groups is 2. The summed E-state index contributed by atoms with van der Waals surface area (Å²) >= 11 is 6.35. The number of methoxy groups -OCH3 is 1. The predicted octanol–water partition coefficient (Wildman–Crippen LogP) is 5.05. The van der Waals surface area contributed by atoms with Gasteiger partial charge in [0.1, 0.15) is 24.7 Å². The molecule has 2 aliphatic rings. The van der Waals surface area contributed by atoms with Crippen LogP contribution in [0.2, 0.25) is 5.02 Å². The molecule has 1 atom stereocenters. The second kappa shape index (κ2) is 9.00. The molecule has 0 saturated carbocycles. The summed E-state index contributed by atoms with van der Waals surface area (Å²) in [6, 6.07) is 16.2. The molecule has 0 aromatic heterocycles. The zero-order valence-corrected chi connectivity index (χ0v) is 19.8. The van der Waals surface area contributed by atoms with E-state index in [1.807, 2.05) is 6.92 Å². The molecule has 3 aromatic carbocycles. The Morgan fingerprint density at radius 3 is 2.40 bits per heavy atom. The summed E-state index contributed by atoms with van der Waals surface area (Å²) in [7, 11) is 1.55. The van der Waals surface area contributed by atoms with E-state index in [0.717, 1.165) is 5.56 Å². The van der Waals surface area contributed by atoms with Gasteiger partial charge in [0.2, 0.25) is 0 Å². The summed E-state index contributed by atoms with van der Waals surface area (Å²) < 4.78 is 16.4. The van der Waals surface area contributed by atoms with Crippen molar-refractivity contribution in [1.29, 1.82) is 0 Å². The highest BCUT2D eigenvalue weighted by atomic mass is 35.5. The monoisotopic (exact) mass is 491 g/mol. The fraction of sp³-hybridized carbons (Fsp3) is 0.185. The summed E-state index contributed by atoms with van der Waals surface area (Å²) in [5.41, 5.74) is 2.22. The van der Waals surface area contributed by atoms with Crippen LogP contribution in [-0.2, 0) is 9.59 Å². The van der Waals surface area contributed by atoms with Crippen molar-refractivity contribution in [3.8, 4) is 17.2 Å². The Labute approximate surface area is 207 Å². The summed E-state index contributed by atoms with van der Waals surface area (Å²) in [5.74, 6) is -0.229. The molecule has 5 rings (SSSR count). The molecule has 2 heterocycles. The van der Waals surface area contributed by atoms with E-state index in [2.05, 4.69) is 0 Å². The van der Waals surface area contributed by atoms with Crippen molar-refractivity contribution in [2.75, 3.05) is 25.2 Å². The molecule has 1 unspecified atom stereocenters. The van der Waals surface area contributed by atoms with Gasteiger partial charge in [-0.25, -0.2) is 0 Å². The number of rotatable bonds is 4. The van der Waals surface area contributed by atoms with Gasteiger partial charge >= 0.3 is 0 Å². The highest BCUT2D eigenvalue weighted by molar-refractivity contribution is 6.51. The molecule has 2 aliphatic heterocycles. The lowest BCUT2D eigenvalue weighted by molar-refractivity contribution is -0.132. The normalized spacial score (nSPS) is 18.6. The van der Waals surface area contributed by atoms with Crippen LogP contribution in [0.5, 0.6) is 17.2 Å². The van der Waals surface area contributed by atoms with Crippen molar-refractivity contribution in [1.82, 2.24) is 0 Å². The highest BCUT2D eigenvalue weighted by Gasteiger charge is 2.47. The number of carbonyl (C=O) groups excluding carboxylic acids is 2. The number of ether oxygens (including phenoxy) is 3. The Kier molecular flexibility index (Phi) is 5.86. The number of amides is 1. The molecule has 0 aliphatic carbocycles. The maximum absolute atomic E-state index is 13.3. The third-order valence-corrected chi connectivity index (χ3v) is 6.53. The van der Waals surface area contributed by atoms with Gasteiger partial charge in [-0.15, -0.1) is 0 Å². The molecule has 0 spiro atoms. The summed E-state index contributed by atoms with van der Waals surface area (Å²) in [5, 5.41) is 11.8. The van der Waals surface area contributed by atoms with Gasteiger partial charge in [0, 0.05) is 16.3 Å². The molecule has 3 aromatic rings. The first-order valence-electron chi connectivity index (χ1n) is 11.0. The van der Waals surface area contributed by atoms with E-state index in [-0.39, 0.29) is 11.3 Å². The average molecular weight is 492 g/mol. The molecule has 1 amide bonds. The minimum atomic E-state index is -0.882. The predicted molar refractivity (Wildman–Crippen MR) is 131 cm³/mol. The van der Waals surface area contributed by atoms with Gasteiger partial charge in [-0.2, -0.15) is 0 Å². The molecule has 178 valence electrons. The zero-order chi connectivity index (χ0) is 24.7. The van der Waals surface area contributed by atoms with Gasteiger partial charge in [-0.05, 0) is 60.5 Å². The lowest BCUT2D eigenvalue weighted by Crippen LogP contribution is -2.29. The Bertz CT molecular complexity index is 1360. The number of benzene rings is 3. The number of halogens is 1. The first-order chi connectivity index (χ1) is 16.9. The number of hydrogen-bond donors (Lipinski definition) is 1. The number of aryl methyl sites for hydroxylation is 1. The van der Waals surface area contributed by atoms with Crippen LogP contribution in [0, 0.1) is 6.92 Å². The minimum absolute atomic E-state index is 0.0338. The van der Waals surface area contributed by atoms with Crippen molar-refractivity contribution in [3.05, 3.63) is 87.9 Å². The van der Waals surface area contributed by atoms with Crippen molar-refractivity contribution in [2.45, 2.75) is 13.0 Å². The Morgan fingerprint density at radius 2 is 1.71 bits per heavy atom. The van der Waals surface area contributed by atoms with Crippen molar-refractivity contribution < 1.29 is 28.9 Å². The third-order valence-electron chi connectivity index (χ3n) is 6.13. The first kappa shape index (κ1) is 22.8. The molecule has 8 heteroatoms. The van der Waals surface area contributed by atoms with E-state index in [1.54, 1.807) is 67.8 Å². The molecule has 7 nitrogen and oxygen atoms in total. The van der Waals surface area contributed by atoms with E-state index >= 15 is 0 Å². The minimum Gasteiger partial charge on any atom is -0.507 e. The van der Waals surface area contributed by atoms with Gasteiger partial charge in [0.25, 0.3) is 11.7 Å². The van der Waals surface area contributed by atoms with Crippen LogP contribution in [0.1, 0.15) is 22.7 Å². The van der Waals surface area contributed by atoms with E-state index in [9.17, 15) is 14.7 Å². The molecule has 35 heavy (non-hydrogen) atoms. The van der Waals surface area contributed by atoms with Crippen LogP contribution in [-0.4, -0.2) is 37.1 Å². The lowest BCUT2D eigenvalue weighted by Gasteiger charge is -2.26. The first-order valence-corrected chi connectivity index (χ1v) is 11.4. The third kappa shape index (κ3) is 3.98. The van der Waals surface area contributed by atoms with Gasteiger partial charge in [-0.1, -0.05) is 29.8 Å². The number of hydrogen-bond acceptors (Lipinski definition) is 6. The summed E-state index contributed by atoms with van der Waals surface area (Å²) in [4.78, 5) is 28.0. The van der Waals surface area contributed by atoms with Crippen molar-refractivity contribution in [2.24, 2.45) is 0 Å². The number of aliphatic hydroxyl groups excluding tert-OH is 1. The van der Waals surface area contributed by atoms with E-state index in [4.69, 9.17) is 25.8 Å². The van der Waals surface area contributed by atoms with Gasteiger partial charge in [0.05, 0.1) is 18.7 Å². The molecule has 1 N–H and O–H groups in total. The second-order valence-electron chi connectivity index (χ2n) is 8.23. The molecule has 0 bridgehead atoms. The number of fused-ring (bicyclic) bond motifs is 1. The molecular formula is C27H22ClNO6. The highest BCUT2D eigenvalue weighted by Crippen LogP contribution is 2.44. The van der Waals surface area contributed by atoms with E-state index in [0.29, 0.717) is 52.3 Å². The summed E-state index contributed by atoms with van der Waals surface area (Å²) in [6.07, 6.45) is 0. The van der Waals surface area contributed by atoms with Gasteiger partial charge in [0.15, 0.2) is 11.5 Å². The molecule has 0 radical (unpaired) electrons.